The van der Waals surface area contributed by atoms with Crippen LogP contribution in [0.4, 0.5) is 5.69 Å². The Morgan fingerprint density at radius 1 is 1.00 bits per heavy atom. The van der Waals surface area contributed by atoms with Crippen molar-refractivity contribution < 1.29 is 33.7 Å². The van der Waals surface area contributed by atoms with Crippen LogP contribution in [0, 0.1) is 11.8 Å². The summed E-state index contributed by atoms with van der Waals surface area (Å²) in [5, 5.41) is 9.13. The van der Waals surface area contributed by atoms with Crippen molar-refractivity contribution in [3.8, 4) is 5.75 Å². The molecule has 1 N–H and O–H groups in total. The average Bonchev–Trinajstić information content (AvgIpc) is 3.20. The number of fused-ring (bicyclic) bond motifs is 2. The lowest BCUT2D eigenvalue weighted by atomic mass is 9.73. The summed E-state index contributed by atoms with van der Waals surface area (Å²) in [7, 11) is 1.59. The third-order valence-corrected chi connectivity index (χ3v) is 8.39. The number of ether oxygens (including phenoxy) is 3. The molecule has 0 aromatic heterocycles. The fourth-order valence-corrected chi connectivity index (χ4v) is 6.58. The highest BCUT2D eigenvalue weighted by molar-refractivity contribution is 6.05. The third kappa shape index (κ3) is 4.12. The van der Waals surface area contributed by atoms with Crippen molar-refractivity contribution in [2.75, 3.05) is 38.3 Å². The molecule has 1 unspecified atom stereocenters. The lowest BCUT2D eigenvalue weighted by Crippen LogP contribution is -2.56. The van der Waals surface area contributed by atoms with Crippen molar-refractivity contribution in [3.63, 3.8) is 0 Å². The molecule has 5 rings (SSSR count). The number of likely N-dealkylation sites (tertiary alicyclic amines) is 1. The largest absolute Gasteiger partial charge is 0.497 e. The van der Waals surface area contributed by atoms with Gasteiger partial charge in [0.15, 0.2) is 0 Å². The number of anilines is 1. The highest BCUT2D eigenvalue weighted by atomic mass is 16.6. The molecule has 204 valence electrons. The average molecular weight is 525 g/mol. The van der Waals surface area contributed by atoms with Crippen molar-refractivity contribution >= 4 is 23.5 Å². The molecule has 1 aromatic carbocycles. The number of aliphatic hydroxyl groups is 1. The lowest BCUT2D eigenvalue weighted by molar-refractivity contribution is -0.157. The molecule has 1 aromatic rings. The van der Waals surface area contributed by atoms with Gasteiger partial charge in [0, 0.05) is 25.4 Å². The van der Waals surface area contributed by atoms with Crippen molar-refractivity contribution in [3.05, 3.63) is 48.6 Å². The first-order valence-electron chi connectivity index (χ1n) is 13.5. The molecule has 5 atom stereocenters. The normalized spacial score (nSPS) is 32.0. The molecule has 2 amide bonds. The van der Waals surface area contributed by atoms with E-state index in [-0.39, 0.29) is 25.0 Å². The van der Waals surface area contributed by atoms with Gasteiger partial charge in [-0.15, -0.1) is 0 Å². The topological polar surface area (TPSA) is 106 Å². The number of cyclic esters (lactones) is 1. The summed E-state index contributed by atoms with van der Waals surface area (Å²) in [6.45, 7) is 2.86. The summed E-state index contributed by atoms with van der Waals surface area (Å²) in [6.07, 6.45) is 10.8. The van der Waals surface area contributed by atoms with Crippen LogP contribution in [0.2, 0.25) is 0 Å². The van der Waals surface area contributed by atoms with E-state index in [0.717, 1.165) is 12.8 Å². The molecule has 1 spiro atoms. The number of carbonyl (C=O) groups excluding carboxylic acids is 3. The van der Waals surface area contributed by atoms with Crippen LogP contribution in [0.3, 0.4) is 0 Å². The van der Waals surface area contributed by atoms with E-state index in [1.54, 1.807) is 35.1 Å². The van der Waals surface area contributed by atoms with Crippen LogP contribution in [-0.2, 0) is 23.9 Å². The van der Waals surface area contributed by atoms with Crippen LogP contribution in [-0.4, -0.2) is 78.4 Å². The Labute approximate surface area is 223 Å². The monoisotopic (exact) mass is 524 g/mol. The number of amides is 2. The van der Waals surface area contributed by atoms with Gasteiger partial charge in [-0.1, -0.05) is 38.0 Å². The highest BCUT2D eigenvalue weighted by Gasteiger charge is 2.75. The molecule has 0 saturated carbocycles. The van der Waals surface area contributed by atoms with E-state index in [0.29, 0.717) is 43.8 Å². The first kappa shape index (κ1) is 26.4. The Balaban J connectivity index is 1.56. The molecule has 4 aliphatic rings. The number of hydrogen-bond donors (Lipinski definition) is 1. The zero-order chi connectivity index (χ0) is 26.9. The molecule has 9 nitrogen and oxygen atoms in total. The van der Waals surface area contributed by atoms with Crippen molar-refractivity contribution in [1.82, 2.24) is 4.90 Å². The molecule has 2 saturated heterocycles. The second-order valence-corrected chi connectivity index (χ2v) is 10.4. The summed E-state index contributed by atoms with van der Waals surface area (Å²) < 4.78 is 17.6. The maximum absolute atomic E-state index is 14.4. The smallest absolute Gasteiger partial charge is 0.313 e. The van der Waals surface area contributed by atoms with E-state index in [9.17, 15) is 14.4 Å². The molecule has 4 aliphatic heterocycles. The molecule has 0 aliphatic carbocycles. The Bertz CT molecular complexity index is 1130. The van der Waals surface area contributed by atoms with Crippen LogP contribution in [0.15, 0.2) is 48.6 Å². The number of nitrogens with zero attached hydrogens (tertiary/aromatic N) is 2. The SMILES string of the molecule is CC[C@@]12C=CCOC(=O)[C@@H]1[C@H]1C(=O)N(CCCCCCO)C3C(=O)N(c4ccc(OC)cc4)CC=C[C@@]31O2. The van der Waals surface area contributed by atoms with E-state index >= 15 is 0 Å². The van der Waals surface area contributed by atoms with E-state index in [4.69, 9.17) is 19.3 Å². The zero-order valence-electron chi connectivity index (χ0n) is 22.0. The number of esters is 1. The van der Waals surface area contributed by atoms with Crippen LogP contribution in [0.25, 0.3) is 0 Å². The van der Waals surface area contributed by atoms with Crippen molar-refractivity contribution in [2.24, 2.45) is 11.8 Å². The molecule has 2 fully saturated rings. The zero-order valence-corrected chi connectivity index (χ0v) is 22.0. The number of hydrogen-bond acceptors (Lipinski definition) is 7. The summed E-state index contributed by atoms with van der Waals surface area (Å²) in [4.78, 5) is 45.1. The van der Waals surface area contributed by atoms with Crippen LogP contribution in [0.5, 0.6) is 5.75 Å². The Morgan fingerprint density at radius 2 is 1.76 bits per heavy atom. The summed E-state index contributed by atoms with van der Waals surface area (Å²) >= 11 is 0. The number of aliphatic hydroxyl groups excluding tert-OH is 1. The second kappa shape index (κ2) is 10.5. The molecule has 9 heteroatoms. The van der Waals surface area contributed by atoms with Gasteiger partial charge in [0.25, 0.3) is 5.91 Å². The van der Waals surface area contributed by atoms with Gasteiger partial charge in [0.05, 0.1) is 13.0 Å². The first-order valence-corrected chi connectivity index (χ1v) is 13.5. The van der Waals surface area contributed by atoms with E-state index in [1.165, 1.54) is 0 Å². The predicted molar refractivity (Wildman–Crippen MR) is 139 cm³/mol. The van der Waals surface area contributed by atoms with Crippen molar-refractivity contribution in [2.45, 2.75) is 56.3 Å². The van der Waals surface area contributed by atoms with Gasteiger partial charge in [0.1, 0.15) is 35.5 Å². The van der Waals surface area contributed by atoms with E-state index in [1.807, 2.05) is 37.3 Å². The Hall–Kier alpha value is -3.17. The standard InChI is InChI=1S/C29H36N2O7/c1-3-28-14-9-19-37-27(35)23(28)22-25(33)31(16-6-4-5-7-18-32)24-26(34)30(17-8-15-29(22,24)38-28)20-10-12-21(36-2)13-11-20/h8-15,22-24,32H,3-7,16-19H2,1-2H3/t22-,23-,24?,28+,29-/m0/s1. The fourth-order valence-electron chi connectivity index (χ4n) is 6.58. The van der Waals surface area contributed by atoms with Crippen molar-refractivity contribution in [1.29, 1.82) is 0 Å². The van der Waals surface area contributed by atoms with Gasteiger partial charge in [-0.25, -0.2) is 0 Å². The predicted octanol–water partition coefficient (Wildman–Crippen LogP) is 2.62. The summed E-state index contributed by atoms with van der Waals surface area (Å²) in [6, 6.07) is 6.32. The van der Waals surface area contributed by atoms with Gasteiger partial charge in [-0.3, -0.25) is 14.4 Å². The summed E-state index contributed by atoms with van der Waals surface area (Å²) in [5.41, 5.74) is -1.63. The third-order valence-electron chi connectivity index (χ3n) is 8.39. The van der Waals surface area contributed by atoms with Gasteiger partial charge in [-0.2, -0.15) is 0 Å². The number of benzene rings is 1. The Kier molecular flexibility index (Phi) is 7.33. The van der Waals surface area contributed by atoms with Crippen LogP contribution >= 0.6 is 0 Å². The fraction of sp³-hybridized carbons (Fsp3) is 0.552. The minimum Gasteiger partial charge on any atom is -0.497 e. The number of rotatable bonds is 9. The molecular weight excluding hydrogens is 488 g/mol. The quantitative estimate of drug-likeness (QED) is 0.301. The lowest BCUT2D eigenvalue weighted by Gasteiger charge is -2.38. The molecule has 0 radical (unpaired) electrons. The Morgan fingerprint density at radius 3 is 2.47 bits per heavy atom. The maximum Gasteiger partial charge on any atom is 0.313 e. The number of unbranched alkanes of at least 4 members (excludes halogenated alkanes) is 3. The van der Waals surface area contributed by atoms with Crippen LogP contribution in [0.1, 0.15) is 39.0 Å². The minimum absolute atomic E-state index is 0.126. The van der Waals surface area contributed by atoms with Gasteiger partial charge in [0.2, 0.25) is 5.91 Å². The van der Waals surface area contributed by atoms with Gasteiger partial charge < -0.3 is 29.1 Å². The van der Waals surface area contributed by atoms with Gasteiger partial charge >= 0.3 is 5.97 Å². The number of carbonyl (C=O) groups is 3. The molecule has 4 heterocycles. The second-order valence-electron chi connectivity index (χ2n) is 10.4. The summed E-state index contributed by atoms with van der Waals surface area (Å²) in [5.74, 6) is -1.99. The van der Waals surface area contributed by atoms with Gasteiger partial charge in [-0.05, 0) is 49.6 Å². The number of methoxy groups -OCH3 is 1. The molecular formula is C29H36N2O7. The first-order chi connectivity index (χ1) is 18.4. The highest BCUT2D eigenvalue weighted by Crippen LogP contribution is 2.58. The van der Waals surface area contributed by atoms with E-state index in [2.05, 4.69) is 0 Å². The van der Waals surface area contributed by atoms with E-state index < -0.39 is 35.0 Å². The maximum atomic E-state index is 14.4. The van der Waals surface area contributed by atoms with Crippen LogP contribution < -0.4 is 9.64 Å². The molecule has 0 bridgehead atoms. The molecule has 38 heavy (non-hydrogen) atoms. The minimum atomic E-state index is -1.29.